The molecule has 2 heterocycles. The van der Waals surface area contributed by atoms with Crippen molar-refractivity contribution < 1.29 is 9.59 Å². The van der Waals surface area contributed by atoms with Crippen LogP contribution in [0.3, 0.4) is 0 Å². The number of anilines is 1. The predicted octanol–water partition coefficient (Wildman–Crippen LogP) is 4.27. The van der Waals surface area contributed by atoms with Gasteiger partial charge in [0.25, 0.3) is 5.91 Å². The van der Waals surface area contributed by atoms with Gasteiger partial charge in [0, 0.05) is 41.4 Å². The van der Waals surface area contributed by atoms with Gasteiger partial charge in [0.15, 0.2) is 5.78 Å². The number of aromatic nitrogens is 1. The standard InChI is InChI=1S/C22H20N2O2/c1-16(25)19-7-6-17-5-4-14-24(21(17)15-19)22(26)18-8-10-20(11-9-18)23-12-2-3-13-23/h2-3,6-13,15H,4-5,14H2,1H3. The van der Waals surface area contributed by atoms with Crippen molar-refractivity contribution in [2.24, 2.45) is 0 Å². The molecular weight excluding hydrogens is 324 g/mol. The Kier molecular flexibility index (Phi) is 4.17. The van der Waals surface area contributed by atoms with Crippen LogP contribution in [0, 0.1) is 0 Å². The zero-order valence-electron chi connectivity index (χ0n) is 14.7. The summed E-state index contributed by atoms with van der Waals surface area (Å²) in [5.74, 6) is -0.00689. The smallest absolute Gasteiger partial charge is 0.258 e. The first-order valence-electron chi connectivity index (χ1n) is 8.82. The van der Waals surface area contributed by atoms with E-state index in [0.29, 0.717) is 17.7 Å². The lowest BCUT2D eigenvalue weighted by molar-refractivity contribution is 0.0981. The topological polar surface area (TPSA) is 42.3 Å². The van der Waals surface area contributed by atoms with Crippen LogP contribution < -0.4 is 4.90 Å². The first-order chi connectivity index (χ1) is 12.6. The molecule has 1 aliphatic heterocycles. The van der Waals surface area contributed by atoms with Crippen molar-refractivity contribution in [2.45, 2.75) is 19.8 Å². The lowest BCUT2D eigenvalue weighted by Crippen LogP contribution is -2.35. The first-order valence-corrected chi connectivity index (χ1v) is 8.82. The van der Waals surface area contributed by atoms with Crippen molar-refractivity contribution in [2.75, 3.05) is 11.4 Å². The molecule has 0 fully saturated rings. The maximum absolute atomic E-state index is 13.1. The number of carbonyl (C=O) groups is 2. The molecule has 0 radical (unpaired) electrons. The van der Waals surface area contributed by atoms with Crippen LogP contribution in [0.25, 0.3) is 5.69 Å². The van der Waals surface area contributed by atoms with Gasteiger partial charge in [-0.25, -0.2) is 0 Å². The van der Waals surface area contributed by atoms with E-state index in [1.807, 2.05) is 71.6 Å². The van der Waals surface area contributed by atoms with Gasteiger partial charge in [0.1, 0.15) is 0 Å². The average Bonchev–Trinajstić information content (AvgIpc) is 3.21. The monoisotopic (exact) mass is 344 g/mol. The highest BCUT2D eigenvalue weighted by atomic mass is 16.2. The lowest BCUT2D eigenvalue weighted by Gasteiger charge is -2.30. The molecule has 3 aromatic rings. The minimum absolute atomic E-state index is 0.0156. The van der Waals surface area contributed by atoms with E-state index in [0.717, 1.165) is 29.8 Å². The molecule has 0 N–H and O–H groups in total. The number of benzene rings is 2. The number of ketones is 1. The fourth-order valence-corrected chi connectivity index (χ4v) is 3.44. The van der Waals surface area contributed by atoms with Gasteiger partial charge >= 0.3 is 0 Å². The van der Waals surface area contributed by atoms with Gasteiger partial charge in [0.2, 0.25) is 0 Å². The number of fused-ring (bicyclic) bond motifs is 1. The summed E-state index contributed by atoms with van der Waals surface area (Å²) < 4.78 is 2.00. The van der Waals surface area contributed by atoms with Crippen LogP contribution in [-0.2, 0) is 6.42 Å². The number of Topliss-reactive ketones (excluding diaryl/α,β-unsaturated/α-hetero) is 1. The molecule has 1 aromatic heterocycles. The molecule has 4 rings (SSSR count). The second-order valence-electron chi connectivity index (χ2n) is 6.60. The van der Waals surface area contributed by atoms with E-state index >= 15 is 0 Å². The maximum atomic E-state index is 13.1. The Morgan fingerprint density at radius 1 is 0.923 bits per heavy atom. The van der Waals surface area contributed by atoms with Crippen molar-refractivity contribution in [3.05, 3.63) is 83.7 Å². The van der Waals surface area contributed by atoms with Crippen LogP contribution in [0.2, 0.25) is 0 Å². The van der Waals surface area contributed by atoms with Crippen LogP contribution in [0.15, 0.2) is 67.0 Å². The quantitative estimate of drug-likeness (QED) is 0.666. The summed E-state index contributed by atoms with van der Waals surface area (Å²) in [6, 6.07) is 17.2. The zero-order valence-corrected chi connectivity index (χ0v) is 14.7. The van der Waals surface area contributed by atoms with E-state index in [2.05, 4.69) is 0 Å². The second kappa shape index (κ2) is 6.64. The first kappa shape index (κ1) is 16.3. The molecular formula is C22H20N2O2. The van der Waals surface area contributed by atoms with Crippen molar-refractivity contribution >= 4 is 17.4 Å². The number of hydrogen-bond donors (Lipinski definition) is 0. The largest absolute Gasteiger partial charge is 0.324 e. The number of hydrogen-bond acceptors (Lipinski definition) is 2. The third-order valence-electron chi connectivity index (χ3n) is 4.87. The van der Waals surface area contributed by atoms with Crippen LogP contribution in [0.1, 0.15) is 39.6 Å². The van der Waals surface area contributed by atoms with Gasteiger partial charge in [-0.2, -0.15) is 0 Å². The molecule has 0 unspecified atom stereocenters. The molecule has 26 heavy (non-hydrogen) atoms. The highest BCUT2D eigenvalue weighted by Crippen LogP contribution is 2.30. The minimum Gasteiger partial charge on any atom is -0.324 e. The van der Waals surface area contributed by atoms with Crippen molar-refractivity contribution in [1.29, 1.82) is 0 Å². The fraction of sp³-hybridized carbons (Fsp3) is 0.182. The van der Waals surface area contributed by atoms with Gasteiger partial charge in [-0.3, -0.25) is 9.59 Å². The predicted molar refractivity (Wildman–Crippen MR) is 102 cm³/mol. The van der Waals surface area contributed by atoms with Crippen molar-refractivity contribution in [3.63, 3.8) is 0 Å². The van der Waals surface area contributed by atoms with Crippen LogP contribution in [0.5, 0.6) is 0 Å². The van der Waals surface area contributed by atoms with Gasteiger partial charge < -0.3 is 9.47 Å². The van der Waals surface area contributed by atoms with Crippen LogP contribution >= 0.6 is 0 Å². The molecule has 0 bridgehead atoms. The molecule has 4 heteroatoms. The molecule has 0 spiro atoms. The third-order valence-corrected chi connectivity index (χ3v) is 4.87. The average molecular weight is 344 g/mol. The van der Waals surface area contributed by atoms with E-state index in [9.17, 15) is 9.59 Å². The molecule has 130 valence electrons. The molecule has 0 aliphatic carbocycles. The molecule has 0 saturated heterocycles. The van der Waals surface area contributed by atoms with E-state index in [1.54, 1.807) is 11.8 Å². The Hall–Kier alpha value is -3.14. The summed E-state index contributed by atoms with van der Waals surface area (Å²) in [7, 11) is 0. The summed E-state index contributed by atoms with van der Waals surface area (Å²) in [4.78, 5) is 26.6. The number of rotatable bonds is 3. The summed E-state index contributed by atoms with van der Waals surface area (Å²) >= 11 is 0. The van der Waals surface area contributed by atoms with E-state index in [1.165, 1.54) is 0 Å². The minimum atomic E-state index is -0.0225. The summed E-state index contributed by atoms with van der Waals surface area (Å²) in [6.45, 7) is 2.23. The van der Waals surface area contributed by atoms with Crippen LogP contribution in [-0.4, -0.2) is 22.8 Å². The van der Waals surface area contributed by atoms with Gasteiger partial charge in [-0.05, 0) is 67.8 Å². The Balaban J connectivity index is 1.65. The molecule has 4 nitrogen and oxygen atoms in total. The SMILES string of the molecule is CC(=O)c1ccc2c(c1)N(C(=O)c1ccc(-n3cccc3)cc1)CCC2. The molecule has 0 saturated carbocycles. The van der Waals surface area contributed by atoms with Gasteiger partial charge in [-0.15, -0.1) is 0 Å². The van der Waals surface area contributed by atoms with Crippen LogP contribution in [0.4, 0.5) is 5.69 Å². The Morgan fingerprint density at radius 3 is 2.31 bits per heavy atom. The Bertz CT molecular complexity index is 956. The van der Waals surface area contributed by atoms with Crippen molar-refractivity contribution in [1.82, 2.24) is 4.57 Å². The Morgan fingerprint density at radius 2 is 1.62 bits per heavy atom. The van der Waals surface area contributed by atoms with E-state index in [-0.39, 0.29) is 11.7 Å². The molecule has 2 aromatic carbocycles. The summed E-state index contributed by atoms with van der Waals surface area (Å²) in [5.41, 5.74) is 4.31. The second-order valence-corrected chi connectivity index (χ2v) is 6.60. The van der Waals surface area contributed by atoms with Gasteiger partial charge in [0.05, 0.1) is 0 Å². The normalized spacial score (nSPS) is 13.3. The highest BCUT2D eigenvalue weighted by molar-refractivity contribution is 6.07. The molecule has 1 amide bonds. The maximum Gasteiger partial charge on any atom is 0.258 e. The highest BCUT2D eigenvalue weighted by Gasteiger charge is 2.24. The number of nitrogens with zero attached hydrogens (tertiary/aromatic N) is 2. The van der Waals surface area contributed by atoms with E-state index < -0.39 is 0 Å². The number of aryl methyl sites for hydroxylation is 1. The number of carbonyl (C=O) groups excluding carboxylic acids is 2. The van der Waals surface area contributed by atoms with Gasteiger partial charge in [-0.1, -0.05) is 12.1 Å². The lowest BCUT2D eigenvalue weighted by atomic mass is 9.97. The molecule has 1 aliphatic rings. The zero-order chi connectivity index (χ0) is 18.1. The Labute approximate surface area is 152 Å². The molecule has 0 atom stereocenters. The number of amides is 1. The summed E-state index contributed by atoms with van der Waals surface area (Å²) in [6.07, 6.45) is 5.81. The van der Waals surface area contributed by atoms with Crippen molar-refractivity contribution in [3.8, 4) is 5.69 Å². The third kappa shape index (κ3) is 2.94. The van der Waals surface area contributed by atoms with E-state index in [4.69, 9.17) is 0 Å². The fourth-order valence-electron chi connectivity index (χ4n) is 3.44. The summed E-state index contributed by atoms with van der Waals surface area (Å²) in [5, 5.41) is 0.